The van der Waals surface area contributed by atoms with Crippen molar-refractivity contribution in [2.75, 3.05) is 6.61 Å². The molecule has 2 heterocycles. The van der Waals surface area contributed by atoms with Crippen molar-refractivity contribution in [3.63, 3.8) is 0 Å². The number of hydrogen-bond acceptors (Lipinski definition) is 5. The van der Waals surface area contributed by atoms with Crippen molar-refractivity contribution in [3.8, 4) is 0 Å². The molecule has 5 atom stereocenters. The van der Waals surface area contributed by atoms with Gasteiger partial charge in [0.25, 0.3) is 0 Å². The third kappa shape index (κ3) is 2.09. The van der Waals surface area contributed by atoms with Crippen molar-refractivity contribution in [2.24, 2.45) is 5.73 Å². The van der Waals surface area contributed by atoms with Gasteiger partial charge in [0.05, 0.1) is 24.0 Å². The van der Waals surface area contributed by atoms with Gasteiger partial charge in [0.15, 0.2) is 6.29 Å². The summed E-state index contributed by atoms with van der Waals surface area (Å²) in [6.45, 7) is 0.481. The van der Waals surface area contributed by atoms with Crippen molar-refractivity contribution in [2.45, 2.75) is 34.7 Å². The fourth-order valence-electron chi connectivity index (χ4n) is 2.20. The van der Waals surface area contributed by atoms with Crippen LogP contribution in [0.3, 0.4) is 0 Å². The number of nitrogens with two attached hydrogens (primary N) is 1. The molecule has 1 aromatic carbocycles. The molecule has 2 aliphatic rings. The Morgan fingerprint density at radius 2 is 2.06 bits per heavy atom. The number of fused-ring (bicyclic) bond motifs is 2. The Balaban J connectivity index is 1.78. The molecule has 0 radical (unpaired) electrons. The highest BCUT2D eigenvalue weighted by atomic mass is 32.2. The Morgan fingerprint density at radius 1 is 1.29 bits per heavy atom. The van der Waals surface area contributed by atoms with Crippen molar-refractivity contribution >= 4 is 11.8 Å². The second-order valence-electron chi connectivity index (χ2n) is 4.34. The van der Waals surface area contributed by atoms with E-state index in [4.69, 9.17) is 15.2 Å². The predicted octanol–water partition coefficient (Wildman–Crippen LogP) is 0.591. The van der Waals surface area contributed by atoms with Gasteiger partial charge in [-0.05, 0) is 12.1 Å². The molecule has 3 rings (SSSR count). The van der Waals surface area contributed by atoms with Gasteiger partial charge in [-0.1, -0.05) is 18.2 Å². The van der Waals surface area contributed by atoms with E-state index in [-0.39, 0.29) is 23.7 Å². The maximum Gasteiger partial charge on any atom is 0.172 e. The van der Waals surface area contributed by atoms with E-state index in [0.717, 1.165) is 4.90 Å². The molecular formula is C12H15NO3S. The van der Waals surface area contributed by atoms with Crippen molar-refractivity contribution in [3.05, 3.63) is 30.3 Å². The third-order valence-corrected chi connectivity index (χ3v) is 4.50. The summed E-state index contributed by atoms with van der Waals surface area (Å²) in [6.07, 6.45) is -1.10. The van der Waals surface area contributed by atoms with Gasteiger partial charge in [-0.2, -0.15) is 0 Å². The Morgan fingerprint density at radius 3 is 2.82 bits per heavy atom. The molecule has 0 aliphatic carbocycles. The summed E-state index contributed by atoms with van der Waals surface area (Å²) in [5, 5.41) is 10.0. The van der Waals surface area contributed by atoms with Crippen LogP contribution in [0.15, 0.2) is 35.2 Å². The second kappa shape index (κ2) is 4.59. The van der Waals surface area contributed by atoms with Crippen molar-refractivity contribution in [1.82, 2.24) is 0 Å². The number of hydrogen-bond donors (Lipinski definition) is 2. The first kappa shape index (κ1) is 11.5. The van der Waals surface area contributed by atoms with Crippen LogP contribution in [-0.2, 0) is 9.47 Å². The average molecular weight is 253 g/mol. The highest BCUT2D eigenvalue weighted by Crippen LogP contribution is 2.37. The zero-order valence-electron chi connectivity index (χ0n) is 9.23. The normalized spacial score (nSPS) is 40.5. The minimum absolute atomic E-state index is 0.161. The van der Waals surface area contributed by atoms with Crippen LogP contribution >= 0.6 is 11.8 Å². The number of benzene rings is 1. The summed E-state index contributed by atoms with van der Waals surface area (Å²) in [5.41, 5.74) is 5.94. The molecule has 5 heteroatoms. The lowest BCUT2D eigenvalue weighted by molar-refractivity contribution is -0.118. The van der Waals surface area contributed by atoms with Gasteiger partial charge in [0, 0.05) is 4.90 Å². The standard InChI is InChI=1S/C12H15NO3S/c13-9-8-6-15-12(16-8)11(10(9)14)17-7-4-2-1-3-5-7/h1-5,8-12,14H,6,13H2/t8-,9+,10-,11+,12-/m0/s1. The Hall–Kier alpha value is -0.590. The van der Waals surface area contributed by atoms with Crippen LogP contribution in [0.2, 0.25) is 0 Å². The van der Waals surface area contributed by atoms with E-state index in [2.05, 4.69) is 0 Å². The molecule has 3 N–H and O–H groups in total. The first-order valence-electron chi connectivity index (χ1n) is 5.68. The molecule has 0 saturated carbocycles. The highest BCUT2D eigenvalue weighted by Gasteiger charge is 2.48. The SMILES string of the molecule is N[C@H]1[C@H](O)[C@@H](Sc2ccccc2)[C@H]2OC[C@@H]1O2. The highest BCUT2D eigenvalue weighted by molar-refractivity contribution is 8.00. The first-order chi connectivity index (χ1) is 8.25. The van der Waals surface area contributed by atoms with E-state index in [1.165, 1.54) is 0 Å². The number of ether oxygens (including phenoxy) is 2. The van der Waals surface area contributed by atoms with E-state index < -0.39 is 6.10 Å². The Bertz CT molecular complexity index is 389. The largest absolute Gasteiger partial charge is 0.390 e. The lowest BCUT2D eigenvalue weighted by Gasteiger charge is -2.35. The maximum atomic E-state index is 10.2. The zero-order chi connectivity index (χ0) is 11.8. The average Bonchev–Trinajstić information content (AvgIpc) is 2.80. The van der Waals surface area contributed by atoms with Crippen LogP contribution < -0.4 is 5.73 Å². The number of thioether (sulfide) groups is 1. The summed E-state index contributed by atoms with van der Waals surface area (Å²) >= 11 is 1.56. The van der Waals surface area contributed by atoms with Crippen LogP contribution in [0.25, 0.3) is 0 Å². The molecule has 17 heavy (non-hydrogen) atoms. The Kier molecular flexibility index (Phi) is 3.10. The number of rotatable bonds is 2. The maximum absolute atomic E-state index is 10.2. The fourth-order valence-corrected chi connectivity index (χ4v) is 3.40. The van der Waals surface area contributed by atoms with E-state index in [1.807, 2.05) is 30.3 Å². The molecule has 2 saturated heterocycles. The van der Waals surface area contributed by atoms with E-state index in [0.29, 0.717) is 6.61 Å². The number of aliphatic hydroxyl groups is 1. The molecule has 0 amide bonds. The molecule has 92 valence electrons. The van der Waals surface area contributed by atoms with E-state index >= 15 is 0 Å². The van der Waals surface area contributed by atoms with E-state index in [9.17, 15) is 5.11 Å². The van der Waals surface area contributed by atoms with Crippen LogP contribution in [0.1, 0.15) is 0 Å². The fraction of sp³-hybridized carbons (Fsp3) is 0.500. The zero-order valence-corrected chi connectivity index (χ0v) is 10.0. The van der Waals surface area contributed by atoms with Crippen molar-refractivity contribution < 1.29 is 14.6 Å². The van der Waals surface area contributed by atoms with Gasteiger partial charge >= 0.3 is 0 Å². The molecule has 2 bridgehead atoms. The van der Waals surface area contributed by atoms with Gasteiger partial charge in [0.2, 0.25) is 0 Å². The monoisotopic (exact) mass is 253 g/mol. The first-order valence-corrected chi connectivity index (χ1v) is 6.56. The molecular weight excluding hydrogens is 238 g/mol. The predicted molar refractivity (Wildman–Crippen MR) is 64.7 cm³/mol. The van der Waals surface area contributed by atoms with E-state index in [1.54, 1.807) is 11.8 Å². The van der Waals surface area contributed by atoms with Gasteiger partial charge in [-0.15, -0.1) is 11.8 Å². The summed E-state index contributed by atoms with van der Waals surface area (Å²) in [4.78, 5) is 1.08. The molecule has 0 spiro atoms. The lowest BCUT2D eigenvalue weighted by Crippen LogP contribution is -2.56. The van der Waals surface area contributed by atoms with Crippen LogP contribution in [-0.4, -0.2) is 41.5 Å². The minimum atomic E-state index is -0.591. The molecule has 2 aliphatic heterocycles. The van der Waals surface area contributed by atoms with Crippen LogP contribution in [0.4, 0.5) is 0 Å². The summed E-state index contributed by atoms with van der Waals surface area (Å²) < 4.78 is 11.2. The molecule has 0 aromatic heterocycles. The molecule has 4 nitrogen and oxygen atoms in total. The Labute approximate surface area is 104 Å². The minimum Gasteiger partial charge on any atom is -0.390 e. The summed E-state index contributed by atoms with van der Waals surface area (Å²) in [7, 11) is 0. The molecule has 2 fully saturated rings. The van der Waals surface area contributed by atoms with Crippen LogP contribution in [0, 0.1) is 0 Å². The van der Waals surface area contributed by atoms with Gasteiger partial charge in [-0.25, -0.2) is 0 Å². The second-order valence-corrected chi connectivity index (χ2v) is 5.59. The third-order valence-electron chi connectivity index (χ3n) is 3.18. The topological polar surface area (TPSA) is 64.7 Å². The molecule has 1 aromatic rings. The summed E-state index contributed by atoms with van der Waals surface area (Å²) in [6, 6.07) is 9.54. The lowest BCUT2D eigenvalue weighted by atomic mass is 10.0. The van der Waals surface area contributed by atoms with Gasteiger partial charge in [-0.3, -0.25) is 0 Å². The van der Waals surface area contributed by atoms with Gasteiger partial charge < -0.3 is 20.3 Å². The molecule has 0 unspecified atom stereocenters. The van der Waals surface area contributed by atoms with Crippen molar-refractivity contribution in [1.29, 1.82) is 0 Å². The summed E-state index contributed by atoms with van der Waals surface area (Å²) in [5.74, 6) is 0. The van der Waals surface area contributed by atoms with Crippen LogP contribution in [0.5, 0.6) is 0 Å². The smallest absolute Gasteiger partial charge is 0.172 e. The number of aliphatic hydroxyl groups excluding tert-OH is 1. The quantitative estimate of drug-likeness (QED) is 0.807. The van der Waals surface area contributed by atoms with Gasteiger partial charge in [0.1, 0.15) is 6.10 Å².